The predicted octanol–water partition coefficient (Wildman–Crippen LogP) is 2.96. The van der Waals surface area contributed by atoms with E-state index in [0.29, 0.717) is 5.02 Å². The monoisotopic (exact) mass is 278 g/mol. The molecular formula is C14H19ClN4. The van der Waals surface area contributed by atoms with E-state index in [1.54, 1.807) is 6.20 Å². The summed E-state index contributed by atoms with van der Waals surface area (Å²) in [5, 5.41) is 8.46. The number of pyridine rings is 1. The molecule has 2 aromatic rings. The molecule has 2 aromatic heterocycles. The molecule has 2 rings (SSSR count). The predicted molar refractivity (Wildman–Crippen MR) is 77.4 cm³/mol. The highest BCUT2D eigenvalue weighted by Crippen LogP contribution is 2.28. The van der Waals surface area contributed by atoms with E-state index in [1.807, 2.05) is 24.0 Å². The Kier molecular flexibility index (Phi) is 4.56. The number of hydrogen-bond donors (Lipinski definition) is 1. The van der Waals surface area contributed by atoms with Crippen molar-refractivity contribution >= 4 is 11.6 Å². The van der Waals surface area contributed by atoms with E-state index in [1.165, 1.54) is 0 Å². The normalized spacial score (nSPS) is 12.6. The maximum absolute atomic E-state index is 6.30. The Morgan fingerprint density at radius 1 is 1.32 bits per heavy atom. The van der Waals surface area contributed by atoms with Crippen LogP contribution in [0.4, 0.5) is 0 Å². The molecule has 1 unspecified atom stereocenters. The molecule has 0 saturated heterocycles. The fourth-order valence-electron chi connectivity index (χ4n) is 2.22. The number of aryl methyl sites for hydroxylation is 2. The summed E-state index contributed by atoms with van der Waals surface area (Å²) >= 11 is 6.30. The maximum atomic E-state index is 6.30. The van der Waals surface area contributed by atoms with Crippen molar-refractivity contribution in [3.05, 3.63) is 46.5 Å². The summed E-state index contributed by atoms with van der Waals surface area (Å²) in [6, 6.07) is 2.15. The highest BCUT2D eigenvalue weighted by molar-refractivity contribution is 6.31. The minimum Gasteiger partial charge on any atom is -0.305 e. The first kappa shape index (κ1) is 14.0. The van der Waals surface area contributed by atoms with Crippen molar-refractivity contribution in [2.45, 2.75) is 33.4 Å². The van der Waals surface area contributed by atoms with Crippen LogP contribution in [0.1, 0.15) is 36.7 Å². The van der Waals surface area contributed by atoms with Crippen molar-refractivity contribution in [3.8, 4) is 0 Å². The van der Waals surface area contributed by atoms with Gasteiger partial charge in [-0.3, -0.25) is 9.67 Å². The van der Waals surface area contributed by atoms with Gasteiger partial charge in [-0.1, -0.05) is 24.6 Å². The zero-order chi connectivity index (χ0) is 13.8. The minimum atomic E-state index is 0.0207. The van der Waals surface area contributed by atoms with Crippen LogP contribution in [0.3, 0.4) is 0 Å². The molecule has 1 N–H and O–H groups in total. The van der Waals surface area contributed by atoms with Gasteiger partial charge >= 0.3 is 0 Å². The summed E-state index contributed by atoms with van der Waals surface area (Å²) in [6.07, 6.45) is 5.43. The molecule has 0 radical (unpaired) electrons. The first-order chi connectivity index (χ1) is 9.17. The molecule has 0 aliphatic heterocycles. The lowest BCUT2D eigenvalue weighted by molar-refractivity contribution is 0.541. The Morgan fingerprint density at radius 2 is 2.11 bits per heavy atom. The number of nitrogens with zero attached hydrogens (tertiary/aromatic N) is 3. The van der Waals surface area contributed by atoms with Crippen LogP contribution in [0, 0.1) is 6.92 Å². The lowest BCUT2D eigenvalue weighted by Crippen LogP contribution is -2.25. The highest BCUT2D eigenvalue weighted by Gasteiger charge is 2.21. The second-order valence-corrected chi connectivity index (χ2v) is 4.89. The fourth-order valence-corrected chi connectivity index (χ4v) is 2.47. The van der Waals surface area contributed by atoms with Gasteiger partial charge in [0, 0.05) is 18.9 Å². The molecular weight excluding hydrogens is 260 g/mol. The topological polar surface area (TPSA) is 42.7 Å². The van der Waals surface area contributed by atoms with Crippen LogP contribution in [0.25, 0.3) is 0 Å². The van der Waals surface area contributed by atoms with Gasteiger partial charge in [0.1, 0.15) is 0 Å². The van der Waals surface area contributed by atoms with Crippen molar-refractivity contribution in [2.75, 3.05) is 6.54 Å². The first-order valence-electron chi connectivity index (χ1n) is 6.53. The van der Waals surface area contributed by atoms with Crippen molar-refractivity contribution in [3.63, 3.8) is 0 Å². The number of hydrogen-bond acceptors (Lipinski definition) is 3. The van der Waals surface area contributed by atoms with Gasteiger partial charge in [0.15, 0.2) is 0 Å². The molecule has 0 aromatic carbocycles. The first-order valence-corrected chi connectivity index (χ1v) is 6.91. The zero-order valence-corrected chi connectivity index (χ0v) is 12.3. The molecule has 0 aliphatic rings. The van der Waals surface area contributed by atoms with Crippen molar-refractivity contribution in [1.29, 1.82) is 0 Å². The van der Waals surface area contributed by atoms with E-state index >= 15 is 0 Å². The molecule has 0 bridgehead atoms. The van der Waals surface area contributed by atoms with E-state index in [0.717, 1.165) is 29.9 Å². The molecule has 1 atom stereocenters. The van der Waals surface area contributed by atoms with Gasteiger partial charge in [-0.25, -0.2) is 0 Å². The van der Waals surface area contributed by atoms with E-state index in [2.05, 4.69) is 35.3 Å². The molecule has 0 aliphatic carbocycles. The third-order valence-corrected chi connectivity index (χ3v) is 3.34. The summed E-state index contributed by atoms with van der Waals surface area (Å²) < 4.78 is 1.93. The maximum Gasteiger partial charge on any atom is 0.0837 e. The molecule has 2 heterocycles. The number of halogens is 1. The van der Waals surface area contributed by atoms with Gasteiger partial charge in [-0.05, 0) is 31.5 Å². The van der Waals surface area contributed by atoms with E-state index in [9.17, 15) is 0 Å². The number of aromatic nitrogens is 3. The third-order valence-electron chi connectivity index (χ3n) is 3.04. The molecule has 5 heteroatoms. The summed E-state index contributed by atoms with van der Waals surface area (Å²) in [6.45, 7) is 7.83. The molecule has 0 amide bonds. The largest absolute Gasteiger partial charge is 0.305 e. The fraction of sp³-hybridized carbons (Fsp3) is 0.429. The van der Waals surface area contributed by atoms with E-state index in [-0.39, 0.29) is 6.04 Å². The van der Waals surface area contributed by atoms with Crippen LogP contribution in [-0.4, -0.2) is 21.3 Å². The molecule has 4 nitrogen and oxygen atoms in total. The van der Waals surface area contributed by atoms with Gasteiger partial charge < -0.3 is 5.32 Å². The van der Waals surface area contributed by atoms with Crippen LogP contribution >= 0.6 is 11.6 Å². The Bertz CT molecular complexity index is 550. The summed E-state index contributed by atoms with van der Waals surface area (Å²) in [4.78, 5) is 4.27. The Hall–Kier alpha value is -1.39. The lowest BCUT2D eigenvalue weighted by atomic mass is 10.0. The second-order valence-electron chi connectivity index (χ2n) is 4.48. The molecule has 102 valence electrons. The lowest BCUT2D eigenvalue weighted by Gasteiger charge is -2.20. The van der Waals surface area contributed by atoms with E-state index in [4.69, 9.17) is 11.6 Å². The van der Waals surface area contributed by atoms with Gasteiger partial charge in [0.25, 0.3) is 0 Å². The van der Waals surface area contributed by atoms with Gasteiger partial charge in [-0.2, -0.15) is 5.10 Å². The molecule has 0 fully saturated rings. The van der Waals surface area contributed by atoms with E-state index < -0.39 is 0 Å². The summed E-state index contributed by atoms with van der Waals surface area (Å²) in [5.74, 6) is 0. The Labute approximate surface area is 118 Å². The summed E-state index contributed by atoms with van der Waals surface area (Å²) in [5.41, 5.74) is 3.25. The van der Waals surface area contributed by atoms with Crippen LogP contribution in [0.5, 0.6) is 0 Å². The average molecular weight is 279 g/mol. The van der Waals surface area contributed by atoms with Crippen LogP contribution in [-0.2, 0) is 6.54 Å². The Morgan fingerprint density at radius 3 is 2.74 bits per heavy atom. The Balaban J connectivity index is 2.48. The van der Waals surface area contributed by atoms with Crippen LogP contribution in [0.2, 0.25) is 5.02 Å². The molecule has 0 spiro atoms. The van der Waals surface area contributed by atoms with Gasteiger partial charge in [0.05, 0.1) is 23.0 Å². The van der Waals surface area contributed by atoms with Crippen LogP contribution in [0.15, 0.2) is 24.7 Å². The number of rotatable bonds is 5. The average Bonchev–Trinajstić information content (AvgIpc) is 2.77. The second kappa shape index (κ2) is 6.17. The highest BCUT2D eigenvalue weighted by atomic mass is 35.5. The SMILES string of the molecule is CCNC(c1cncc(C)c1)c1c(Cl)cnn1CC. The van der Waals surface area contributed by atoms with Gasteiger partial charge in [-0.15, -0.1) is 0 Å². The third kappa shape index (κ3) is 2.96. The quantitative estimate of drug-likeness (QED) is 0.914. The molecule has 19 heavy (non-hydrogen) atoms. The van der Waals surface area contributed by atoms with Crippen molar-refractivity contribution in [2.24, 2.45) is 0 Å². The summed E-state index contributed by atoms with van der Waals surface area (Å²) in [7, 11) is 0. The smallest absolute Gasteiger partial charge is 0.0837 e. The number of nitrogens with one attached hydrogen (secondary N) is 1. The minimum absolute atomic E-state index is 0.0207. The zero-order valence-electron chi connectivity index (χ0n) is 11.5. The van der Waals surface area contributed by atoms with Crippen molar-refractivity contribution < 1.29 is 0 Å². The van der Waals surface area contributed by atoms with Gasteiger partial charge in [0.2, 0.25) is 0 Å². The molecule has 0 saturated carbocycles. The van der Waals surface area contributed by atoms with Crippen LogP contribution < -0.4 is 5.32 Å². The van der Waals surface area contributed by atoms with Crippen molar-refractivity contribution in [1.82, 2.24) is 20.1 Å². The standard InChI is InChI=1S/C14H19ClN4/c1-4-17-13(11-6-10(3)7-16-8-11)14-12(15)9-18-19(14)5-2/h6-9,13,17H,4-5H2,1-3H3.